The minimum atomic E-state index is 0.294. The topological polar surface area (TPSA) is 69.2 Å². The minimum Gasteiger partial charge on any atom is -0.378 e. The van der Waals surface area contributed by atoms with Gasteiger partial charge in [-0.25, -0.2) is 4.68 Å². The highest BCUT2D eigenvalue weighted by Crippen LogP contribution is 2.18. The number of hydrogen-bond acceptors (Lipinski definition) is 5. The van der Waals surface area contributed by atoms with E-state index in [-0.39, 0.29) is 0 Å². The van der Waals surface area contributed by atoms with Crippen LogP contribution in [-0.4, -0.2) is 41.1 Å². The zero-order valence-electron chi connectivity index (χ0n) is 9.89. The van der Waals surface area contributed by atoms with Crippen molar-refractivity contribution >= 4 is 11.9 Å². The molecule has 1 aromatic heterocycles. The average molecular weight is 225 g/mol. The van der Waals surface area contributed by atoms with E-state index >= 15 is 0 Å². The van der Waals surface area contributed by atoms with Crippen molar-refractivity contribution in [1.29, 1.82) is 0 Å². The van der Waals surface area contributed by atoms with Crippen molar-refractivity contribution < 1.29 is 4.74 Å². The Hall–Kier alpha value is -1.30. The third-order valence-electron chi connectivity index (χ3n) is 2.95. The second-order valence-corrected chi connectivity index (χ2v) is 4.07. The summed E-state index contributed by atoms with van der Waals surface area (Å²) >= 11 is 0. The first-order valence-electron chi connectivity index (χ1n) is 5.77. The van der Waals surface area contributed by atoms with Crippen LogP contribution < -0.4 is 10.6 Å². The van der Waals surface area contributed by atoms with Gasteiger partial charge in [0.05, 0.1) is 19.3 Å². The Kier molecular flexibility index (Phi) is 3.28. The Labute approximate surface area is 95.4 Å². The van der Waals surface area contributed by atoms with Crippen LogP contribution in [-0.2, 0) is 4.74 Å². The monoisotopic (exact) mass is 225 g/mol. The third kappa shape index (κ3) is 2.11. The van der Waals surface area contributed by atoms with Crippen LogP contribution >= 0.6 is 0 Å². The molecule has 1 saturated heterocycles. The van der Waals surface area contributed by atoms with E-state index < -0.39 is 0 Å². The summed E-state index contributed by atoms with van der Waals surface area (Å²) in [4.78, 5) is 6.41. The Morgan fingerprint density at radius 1 is 1.44 bits per heavy atom. The van der Waals surface area contributed by atoms with Crippen molar-refractivity contribution in [3.05, 3.63) is 0 Å². The van der Waals surface area contributed by atoms with E-state index in [2.05, 4.69) is 28.8 Å². The largest absolute Gasteiger partial charge is 0.378 e. The highest BCUT2D eigenvalue weighted by Gasteiger charge is 2.18. The summed E-state index contributed by atoms with van der Waals surface area (Å²) in [7, 11) is 0. The SMILES string of the molecule is CCC(C)n1nc(N2CCOCC2)nc1N. The van der Waals surface area contributed by atoms with Crippen molar-refractivity contribution in [2.75, 3.05) is 36.9 Å². The van der Waals surface area contributed by atoms with E-state index in [0.717, 1.165) is 38.7 Å². The second-order valence-electron chi connectivity index (χ2n) is 4.07. The molecule has 1 atom stereocenters. The maximum absolute atomic E-state index is 5.86. The summed E-state index contributed by atoms with van der Waals surface area (Å²) in [5.41, 5.74) is 5.86. The zero-order chi connectivity index (χ0) is 11.5. The van der Waals surface area contributed by atoms with Crippen molar-refractivity contribution in [1.82, 2.24) is 14.8 Å². The van der Waals surface area contributed by atoms with Crippen LogP contribution in [0.2, 0.25) is 0 Å². The molecule has 2 rings (SSSR count). The molecule has 6 nitrogen and oxygen atoms in total. The number of rotatable bonds is 3. The van der Waals surface area contributed by atoms with Gasteiger partial charge in [-0.05, 0) is 13.3 Å². The lowest BCUT2D eigenvalue weighted by atomic mass is 10.3. The molecule has 1 aliphatic heterocycles. The molecule has 0 spiro atoms. The number of hydrogen-bond donors (Lipinski definition) is 1. The zero-order valence-corrected chi connectivity index (χ0v) is 9.89. The summed E-state index contributed by atoms with van der Waals surface area (Å²) in [6, 6.07) is 0.294. The fourth-order valence-electron chi connectivity index (χ4n) is 1.72. The smallest absolute Gasteiger partial charge is 0.246 e. The van der Waals surface area contributed by atoms with Gasteiger partial charge in [-0.2, -0.15) is 4.98 Å². The van der Waals surface area contributed by atoms with Gasteiger partial charge < -0.3 is 15.4 Å². The van der Waals surface area contributed by atoms with Gasteiger partial charge in [0.15, 0.2) is 0 Å². The molecule has 0 saturated carbocycles. The summed E-state index contributed by atoms with van der Waals surface area (Å²) in [5, 5.41) is 4.46. The number of aromatic nitrogens is 3. The first-order valence-corrected chi connectivity index (χ1v) is 5.77. The molecule has 1 fully saturated rings. The van der Waals surface area contributed by atoms with Gasteiger partial charge in [-0.15, -0.1) is 5.10 Å². The third-order valence-corrected chi connectivity index (χ3v) is 2.95. The summed E-state index contributed by atoms with van der Waals surface area (Å²) in [5.74, 6) is 1.22. The molecule has 90 valence electrons. The minimum absolute atomic E-state index is 0.294. The Bertz CT molecular complexity index is 345. The number of ether oxygens (including phenoxy) is 1. The molecule has 1 unspecified atom stereocenters. The van der Waals surface area contributed by atoms with Crippen LogP contribution in [0.25, 0.3) is 0 Å². The van der Waals surface area contributed by atoms with Gasteiger partial charge >= 0.3 is 0 Å². The van der Waals surface area contributed by atoms with Crippen molar-refractivity contribution in [3.63, 3.8) is 0 Å². The molecular formula is C10H19N5O. The van der Waals surface area contributed by atoms with Crippen LogP contribution in [0.3, 0.4) is 0 Å². The molecule has 6 heteroatoms. The number of anilines is 2. The molecule has 2 heterocycles. The first kappa shape index (κ1) is 11.2. The molecule has 16 heavy (non-hydrogen) atoms. The van der Waals surface area contributed by atoms with Crippen LogP contribution in [0.15, 0.2) is 0 Å². The molecule has 0 amide bonds. The lowest BCUT2D eigenvalue weighted by Crippen LogP contribution is -2.37. The van der Waals surface area contributed by atoms with Crippen molar-refractivity contribution in [3.8, 4) is 0 Å². The predicted molar refractivity (Wildman–Crippen MR) is 62.5 cm³/mol. The molecule has 0 aromatic carbocycles. The Morgan fingerprint density at radius 3 is 2.75 bits per heavy atom. The summed E-state index contributed by atoms with van der Waals surface area (Å²) in [6.45, 7) is 7.35. The summed E-state index contributed by atoms with van der Waals surface area (Å²) < 4.78 is 7.09. The van der Waals surface area contributed by atoms with Crippen molar-refractivity contribution in [2.45, 2.75) is 26.3 Å². The normalized spacial score (nSPS) is 18.8. The van der Waals surface area contributed by atoms with Gasteiger partial charge in [-0.3, -0.25) is 0 Å². The first-order chi connectivity index (χ1) is 7.72. The van der Waals surface area contributed by atoms with E-state index in [1.165, 1.54) is 0 Å². The van der Waals surface area contributed by atoms with E-state index in [0.29, 0.717) is 12.0 Å². The lowest BCUT2D eigenvalue weighted by molar-refractivity contribution is 0.122. The Balaban J connectivity index is 2.16. The van der Waals surface area contributed by atoms with Gasteiger partial charge in [0.1, 0.15) is 0 Å². The van der Waals surface area contributed by atoms with Gasteiger partial charge in [-0.1, -0.05) is 6.92 Å². The van der Waals surface area contributed by atoms with Gasteiger partial charge in [0, 0.05) is 13.1 Å². The fraction of sp³-hybridized carbons (Fsp3) is 0.800. The van der Waals surface area contributed by atoms with E-state index in [1.54, 1.807) is 4.68 Å². The number of nitrogens with zero attached hydrogens (tertiary/aromatic N) is 4. The predicted octanol–water partition coefficient (Wildman–Crippen LogP) is 0.668. The quantitative estimate of drug-likeness (QED) is 0.818. The molecule has 0 bridgehead atoms. The van der Waals surface area contributed by atoms with E-state index in [4.69, 9.17) is 10.5 Å². The van der Waals surface area contributed by atoms with Gasteiger partial charge in [0.2, 0.25) is 11.9 Å². The standard InChI is InChI=1S/C10H19N5O/c1-3-8(2)15-9(11)12-10(13-15)14-4-6-16-7-5-14/h8H,3-7H2,1-2H3,(H2,11,12,13). The van der Waals surface area contributed by atoms with Crippen LogP contribution in [0.1, 0.15) is 26.3 Å². The maximum Gasteiger partial charge on any atom is 0.246 e. The lowest BCUT2D eigenvalue weighted by Gasteiger charge is -2.25. The molecular weight excluding hydrogens is 206 g/mol. The molecule has 1 aromatic rings. The van der Waals surface area contributed by atoms with Crippen LogP contribution in [0, 0.1) is 0 Å². The fourth-order valence-corrected chi connectivity index (χ4v) is 1.72. The van der Waals surface area contributed by atoms with E-state index in [9.17, 15) is 0 Å². The van der Waals surface area contributed by atoms with Crippen LogP contribution in [0.5, 0.6) is 0 Å². The van der Waals surface area contributed by atoms with Crippen molar-refractivity contribution in [2.24, 2.45) is 0 Å². The maximum atomic E-state index is 5.86. The molecule has 0 radical (unpaired) electrons. The molecule has 2 N–H and O–H groups in total. The number of nitrogen functional groups attached to an aromatic ring is 1. The second kappa shape index (κ2) is 4.69. The average Bonchev–Trinajstić information content (AvgIpc) is 2.71. The highest BCUT2D eigenvalue weighted by atomic mass is 16.5. The molecule has 0 aliphatic carbocycles. The van der Waals surface area contributed by atoms with Gasteiger partial charge in [0.25, 0.3) is 0 Å². The number of nitrogens with two attached hydrogens (primary N) is 1. The summed E-state index contributed by atoms with van der Waals surface area (Å²) in [6.07, 6.45) is 0.996. The highest BCUT2D eigenvalue weighted by molar-refractivity contribution is 5.35. The van der Waals surface area contributed by atoms with E-state index in [1.807, 2.05) is 0 Å². The molecule has 1 aliphatic rings. The number of morpholine rings is 1. The van der Waals surface area contributed by atoms with Crippen LogP contribution in [0.4, 0.5) is 11.9 Å². The Morgan fingerprint density at radius 2 is 2.12 bits per heavy atom.